The Kier molecular flexibility index (Phi) is 6.45. The molecule has 0 aromatic carbocycles. The van der Waals surface area contributed by atoms with Crippen molar-refractivity contribution in [2.75, 3.05) is 40.3 Å². The lowest BCUT2D eigenvalue weighted by Crippen LogP contribution is -2.52. The van der Waals surface area contributed by atoms with Gasteiger partial charge >= 0.3 is 18.1 Å². The molecule has 1 unspecified atom stereocenters. The van der Waals surface area contributed by atoms with Gasteiger partial charge in [-0.1, -0.05) is 13.8 Å². The number of carbonyl (C=O) groups excluding carboxylic acids is 2. The zero-order chi connectivity index (χ0) is 16.9. The van der Waals surface area contributed by atoms with Crippen molar-refractivity contribution in [3.8, 4) is 0 Å². The fourth-order valence-electron chi connectivity index (χ4n) is 2.64. The Bertz CT molecular complexity index is 427. The number of esters is 1. The van der Waals surface area contributed by atoms with Crippen LogP contribution in [0.15, 0.2) is 0 Å². The standard InChI is InChI=1S/C14H25N3O5/c1-10(2)11(12(18)22-4)15(3)13(19)16-6-5-7-17(9-8-16)14(20)21/h10-11H,5-9H2,1-4H3,(H,20,21). The third kappa shape index (κ3) is 4.25. The van der Waals surface area contributed by atoms with Crippen molar-refractivity contribution in [3.05, 3.63) is 0 Å². The summed E-state index contributed by atoms with van der Waals surface area (Å²) in [5.41, 5.74) is 0. The van der Waals surface area contributed by atoms with Crippen LogP contribution < -0.4 is 0 Å². The summed E-state index contributed by atoms with van der Waals surface area (Å²) < 4.78 is 4.77. The van der Waals surface area contributed by atoms with Crippen LogP contribution in [0.25, 0.3) is 0 Å². The molecule has 1 atom stereocenters. The average Bonchev–Trinajstić information content (AvgIpc) is 2.71. The molecule has 0 bridgehead atoms. The molecular formula is C14H25N3O5. The van der Waals surface area contributed by atoms with E-state index in [4.69, 9.17) is 9.84 Å². The number of carbonyl (C=O) groups is 3. The third-order valence-electron chi connectivity index (χ3n) is 3.83. The Morgan fingerprint density at radius 2 is 1.64 bits per heavy atom. The number of rotatable bonds is 3. The quantitative estimate of drug-likeness (QED) is 0.782. The van der Waals surface area contributed by atoms with Crippen LogP contribution in [-0.2, 0) is 9.53 Å². The van der Waals surface area contributed by atoms with Crippen molar-refractivity contribution in [3.63, 3.8) is 0 Å². The summed E-state index contributed by atoms with van der Waals surface area (Å²) in [7, 11) is 2.87. The summed E-state index contributed by atoms with van der Waals surface area (Å²) in [5.74, 6) is -0.531. The smallest absolute Gasteiger partial charge is 0.407 e. The van der Waals surface area contributed by atoms with Gasteiger partial charge in [0.2, 0.25) is 0 Å². The third-order valence-corrected chi connectivity index (χ3v) is 3.83. The van der Waals surface area contributed by atoms with Crippen LogP contribution in [0.5, 0.6) is 0 Å². The van der Waals surface area contributed by atoms with Crippen molar-refractivity contribution in [1.82, 2.24) is 14.7 Å². The van der Waals surface area contributed by atoms with Gasteiger partial charge in [-0.15, -0.1) is 0 Å². The molecule has 1 rings (SSSR count). The second-order valence-corrected chi connectivity index (χ2v) is 5.72. The van der Waals surface area contributed by atoms with Crippen LogP contribution in [0, 0.1) is 5.92 Å². The predicted octanol–water partition coefficient (Wildman–Crippen LogP) is 0.922. The van der Waals surface area contributed by atoms with Gasteiger partial charge in [0.25, 0.3) is 0 Å². The van der Waals surface area contributed by atoms with Gasteiger partial charge in [0.15, 0.2) is 0 Å². The van der Waals surface area contributed by atoms with Gasteiger partial charge in [-0.2, -0.15) is 0 Å². The van der Waals surface area contributed by atoms with Crippen molar-refractivity contribution >= 4 is 18.1 Å². The Morgan fingerprint density at radius 1 is 1.09 bits per heavy atom. The van der Waals surface area contributed by atoms with Gasteiger partial charge in [-0.25, -0.2) is 14.4 Å². The summed E-state index contributed by atoms with van der Waals surface area (Å²) in [6, 6.07) is -0.937. The lowest BCUT2D eigenvalue weighted by molar-refractivity contribution is -0.147. The molecule has 22 heavy (non-hydrogen) atoms. The minimum absolute atomic E-state index is 0.0797. The number of hydrogen-bond acceptors (Lipinski definition) is 4. The van der Waals surface area contributed by atoms with E-state index in [1.165, 1.54) is 16.9 Å². The van der Waals surface area contributed by atoms with E-state index in [9.17, 15) is 14.4 Å². The first-order valence-electron chi connectivity index (χ1n) is 7.37. The minimum Gasteiger partial charge on any atom is -0.467 e. The molecule has 126 valence electrons. The van der Waals surface area contributed by atoms with E-state index in [-0.39, 0.29) is 18.5 Å². The van der Waals surface area contributed by atoms with E-state index in [0.29, 0.717) is 26.1 Å². The van der Waals surface area contributed by atoms with Gasteiger partial charge in [0, 0.05) is 33.2 Å². The number of likely N-dealkylation sites (N-methyl/N-ethyl adjacent to an activating group) is 1. The first kappa shape index (κ1) is 18.1. The molecule has 1 aliphatic rings. The van der Waals surface area contributed by atoms with Crippen LogP contribution in [0.2, 0.25) is 0 Å². The van der Waals surface area contributed by atoms with E-state index in [1.54, 1.807) is 11.9 Å². The second kappa shape index (κ2) is 7.86. The van der Waals surface area contributed by atoms with Crippen molar-refractivity contribution in [1.29, 1.82) is 0 Å². The van der Waals surface area contributed by atoms with Crippen LogP contribution in [0.1, 0.15) is 20.3 Å². The Labute approximate surface area is 130 Å². The summed E-state index contributed by atoms with van der Waals surface area (Å²) in [5, 5.41) is 9.01. The molecule has 0 radical (unpaired) electrons. The summed E-state index contributed by atoms with van der Waals surface area (Å²) in [6.07, 6.45) is -0.395. The van der Waals surface area contributed by atoms with Crippen LogP contribution >= 0.6 is 0 Å². The van der Waals surface area contributed by atoms with Gasteiger partial charge in [0.05, 0.1) is 7.11 Å². The maximum atomic E-state index is 12.6. The molecule has 8 heteroatoms. The molecule has 1 heterocycles. The fraction of sp³-hybridized carbons (Fsp3) is 0.786. The van der Waals surface area contributed by atoms with Crippen LogP contribution in [0.4, 0.5) is 9.59 Å². The van der Waals surface area contributed by atoms with Crippen molar-refractivity contribution in [2.45, 2.75) is 26.3 Å². The van der Waals surface area contributed by atoms with E-state index in [0.717, 1.165) is 0 Å². The first-order valence-corrected chi connectivity index (χ1v) is 7.37. The highest BCUT2D eigenvalue weighted by atomic mass is 16.5. The van der Waals surface area contributed by atoms with Crippen LogP contribution in [-0.4, -0.2) is 84.3 Å². The normalized spacial score (nSPS) is 17.0. The maximum absolute atomic E-state index is 12.6. The van der Waals surface area contributed by atoms with E-state index in [1.807, 2.05) is 13.8 Å². The minimum atomic E-state index is -0.975. The number of carboxylic acid groups (broad SMARTS) is 1. The molecular weight excluding hydrogens is 290 g/mol. The number of methoxy groups -OCH3 is 1. The van der Waals surface area contributed by atoms with E-state index < -0.39 is 18.1 Å². The van der Waals surface area contributed by atoms with Gasteiger partial charge in [-0.05, 0) is 12.3 Å². The number of ether oxygens (including phenoxy) is 1. The first-order chi connectivity index (χ1) is 10.3. The van der Waals surface area contributed by atoms with Gasteiger partial charge in [-0.3, -0.25) is 0 Å². The molecule has 0 aromatic heterocycles. The highest BCUT2D eigenvalue weighted by molar-refractivity contribution is 5.83. The molecule has 0 aromatic rings. The SMILES string of the molecule is COC(=O)C(C(C)C)N(C)C(=O)N1CCCN(C(=O)O)CC1. The maximum Gasteiger partial charge on any atom is 0.407 e. The highest BCUT2D eigenvalue weighted by Gasteiger charge is 2.33. The van der Waals surface area contributed by atoms with Crippen molar-refractivity contribution in [2.24, 2.45) is 5.92 Å². The molecule has 0 aliphatic carbocycles. The lowest BCUT2D eigenvalue weighted by Gasteiger charge is -2.33. The molecule has 1 saturated heterocycles. The van der Waals surface area contributed by atoms with Crippen molar-refractivity contribution < 1.29 is 24.2 Å². The Morgan fingerprint density at radius 3 is 2.14 bits per heavy atom. The predicted molar refractivity (Wildman–Crippen MR) is 79.6 cm³/mol. The molecule has 0 saturated carbocycles. The molecule has 1 aliphatic heterocycles. The Balaban J connectivity index is 2.76. The molecule has 1 N–H and O–H groups in total. The monoisotopic (exact) mass is 315 g/mol. The topological polar surface area (TPSA) is 90.4 Å². The molecule has 3 amide bonds. The fourth-order valence-corrected chi connectivity index (χ4v) is 2.64. The summed E-state index contributed by atoms with van der Waals surface area (Å²) in [4.78, 5) is 39.7. The zero-order valence-electron chi connectivity index (χ0n) is 13.6. The number of nitrogens with zero attached hydrogens (tertiary/aromatic N) is 3. The lowest BCUT2D eigenvalue weighted by atomic mass is 10.0. The largest absolute Gasteiger partial charge is 0.467 e. The van der Waals surface area contributed by atoms with Gasteiger partial charge in [0.1, 0.15) is 6.04 Å². The van der Waals surface area contributed by atoms with Crippen LogP contribution in [0.3, 0.4) is 0 Å². The number of amides is 3. The summed E-state index contributed by atoms with van der Waals surface area (Å²) in [6.45, 7) is 5.17. The summed E-state index contributed by atoms with van der Waals surface area (Å²) >= 11 is 0. The zero-order valence-corrected chi connectivity index (χ0v) is 13.6. The Hall–Kier alpha value is -1.99. The highest BCUT2D eigenvalue weighted by Crippen LogP contribution is 2.14. The molecule has 1 fully saturated rings. The van der Waals surface area contributed by atoms with E-state index >= 15 is 0 Å². The number of hydrogen-bond donors (Lipinski definition) is 1. The van der Waals surface area contributed by atoms with E-state index in [2.05, 4.69) is 0 Å². The second-order valence-electron chi connectivity index (χ2n) is 5.72. The van der Waals surface area contributed by atoms with Gasteiger partial charge < -0.3 is 24.5 Å². The average molecular weight is 315 g/mol. The molecule has 0 spiro atoms. The number of urea groups is 1. The molecule has 8 nitrogen and oxygen atoms in total.